The standard InChI is InChI=1S/C22H18N4O/c27-19(15-16-7-3-1-4-8-16)24-22-20(17-11-13-23-14-12-17)21(25-26-22)18-9-5-2-6-10-18/h1-14H,15H2,(H2,24,25,26,27). The van der Waals surface area contributed by atoms with E-state index in [1.807, 2.05) is 72.8 Å². The van der Waals surface area contributed by atoms with Crippen molar-refractivity contribution in [2.24, 2.45) is 0 Å². The summed E-state index contributed by atoms with van der Waals surface area (Å²) in [6.07, 6.45) is 3.75. The first kappa shape index (κ1) is 16.7. The highest BCUT2D eigenvalue weighted by Gasteiger charge is 2.18. The van der Waals surface area contributed by atoms with Gasteiger partial charge in [0.25, 0.3) is 0 Å². The van der Waals surface area contributed by atoms with Crippen LogP contribution in [-0.2, 0) is 11.2 Å². The Labute approximate surface area is 157 Å². The Morgan fingerprint density at radius 2 is 1.52 bits per heavy atom. The van der Waals surface area contributed by atoms with Crippen LogP contribution in [0.1, 0.15) is 5.56 Å². The maximum atomic E-state index is 12.5. The molecule has 4 aromatic rings. The van der Waals surface area contributed by atoms with E-state index in [1.165, 1.54) is 0 Å². The molecular weight excluding hydrogens is 336 g/mol. The van der Waals surface area contributed by atoms with Gasteiger partial charge >= 0.3 is 0 Å². The largest absolute Gasteiger partial charge is 0.308 e. The molecule has 2 aromatic carbocycles. The minimum atomic E-state index is -0.109. The molecule has 0 saturated carbocycles. The summed E-state index contributed by atoms with van der Waals surface area (Å²) < 4.78 is 0. The molecule has 1 amide bonds. The summed E-state index contributed by atoms with van der Waals surface area (Å²) in [4.78, 5) is 16.6. The van der Waals surface area contributed by atoms with Crippen molar-refractivity contribution >= 4 is 11.7 Å². The number of nitrogens with one attached hydrogen (secondary N) is 2. The van der Waals surface area contributed by atoms with E-state index in [0.29, 0.717) is 12.2 Å². The maximum Gasteiger partial charge on any atom is 0.230 e. The number of anilines is 1. The highest BCUT2D eigenvalue weighted by Crippen LogP contribution is 2.35. The van der Waals surface area contributed by atoms with Gasteiger partial charge in [0, 0.05) is 18.0 Å². The molecule has 0 atom stereocenters. The van der Waals surface area contributed by atoms with Crippen molar-refractivity contribution in [1.29, 1.82) is 0 Å². The van der Waals surface area contributed by atoms with Gasteiger partial charge in [-0.3, -0.25) is 14.9 Å². The monoisotopic (exact) mass is 354 g/mol. The second kappa shape index (κ2) is 7.66. The number of carbonyl (C=O) groups excluding carboxylic acids is 1. The number of H-pyrrole nitrogens is 1. The Kier molecular flexibility index (Phi) is 4.74. The maximum absolute atomic E-state index is 12.5. The van der Waals surface area contributed by atoms with Crippen molar-refractivity contribution < 1.29 is 4.79 Å². The summed E-state index contributed by atoms with van der Waals surface area (Å²) in [6.45, 7) is 0. The summed E-state index contributed by atoms with van der Waals surface area (Å²) in [5.74, 6) is 0.406. The van der Waals surface area contributed by atoms with E-state index in [4.69, 9.17) is 0 Å². The molecule has 27 heavy (non-hydrogen) atoms. The van der Waals surface area contributed by atoms with Crippen molar-refractivity contribution in [1.82, 2.24) is 15.2 Å². The van der Waals surface area contributed by atoms with E-state index in [-0.39, 0.29) is 5.91 Å². The zero-order valence-corrected chi connectivity index (χ0v) is 14.6. The van der Waals surface area contributed by atoms with Crippen LogP contribution in [0.15, 0.2) is 85.2 Å². The molecule has 0 aliphatic heterocycles. The number of pyridine rings is 1. The van der Waals surface area contributed by atoms with Crippen molar-refractivity contribution in [3.05, 3.63) is 90.8 Å². The van der Waals surface area contributed by atoms with Gasteiger partial charge in [-0.05, 0) is 23.3 Å². The van der Waals surface area contributed by atoms with Gasteiger partial charge in [0.15, 0.2) is 5.82 Å². The summed E-state index contributed by atoms with van der Waals surface area (Å²) in [5.41, 5.74) is 4.61. The van der Waals surface area contributed by atoms with Gasteiger partial charge < -0.3 is 5.32 Å². The molecular formula is C22H18N4O. The molecule has 5 heteroatoms. The van der Waals surface area contributed by atoms with Crippen molar-refractivity contribution in [2.45, 2.75) is 6.42 Å². The Morgan fingerprint density at radius 1 is 0.852 bits per heavy atom. The average Bonchev–Trinajstić information content (AvgIpc) is 3.13. The topological polar surface area (TPSA) is 70.7 Å². The van der Waals surface area contributed by atoms with Crippen LogP contribution < -0.4 is 5.32 Å². The first-order valence-corrected chi connectivity index (χ1v) is 8.69. The number of carbonyl (C=O) groups is 1. The molecule has 0 unspecified atom stereocenters. The molecule has 0 aliphatic rings. The van der Waals surface area contributed by atoms with Crippen LogP contribution in [0, 0.1) is 0 Å². The molecule has 2 N–H and O–H groups in total. The predicted octanol–water partition coefficient (Wildman–Crippen LogP) is 4.32. The Balaban J connectivity index is 1.69. The molecule has 0 saturated heterocycles. The fourth-order valence-corrected chi connectivity index (χ4v) is 3.00. The number of amides is 1. The lowest BCUT2D eigenvalue weighted by molar-refractivity contribution is -0.115. The van der Waals surface area contributed by atoms with Gasteiger partial charge in [0.2, 0.25) is 5.91 Å². The minimum absolute atomic E-state index is 0.109. The fourth-order valence-electron chi connectivity index (χ4n) is 3.00. The van der Waals surface area contributed by atoms with Crippen molar-refractivity contribution in [2.75, 3.05) is 5.32 Å². The van der Waals surface area contributed by atoms with Crippen LogP contribution in [0.3, 0.4) is 0 Å². The number of nitrogens with zero attached hydrogens (tertiary/aromatic N) is 2. The Morgan fingerprint density at radius 3 is 2.22 bits per heavy atom. The molecule has 2 aromatic heterocycles. The lowest BCUT2D eigenvalue weighted by Gasteiger charge is -2.08. The molecule has 5 nitrogen and oxygen atoms in total. The van der Waals surface area contributed by atoms with Crippen molar-refractivity contribution in [3.8, 4) is 22.4 Å². The molecule has 0 aliphatic carbocycles. The third-order valence-corrected chi connectivity index (χ3v) is 4.26. The smallest absolute Gasteiger partial charge is 0.230 e. The molecule has 0 fully saturated rings. The second-order valence-corrected chi connectivity index (χ2v) is 6.13. The van der Waals surface area contributed by atoms with Gasteiger partial charge in [0.1, 0.15) is 0 Å². The molecule has 0 bridgehead atoms. The summed E-state index contributed by atoms with van der Waals surface area (Å²) in [6, 6.07) is 23.4. The van der Waals surface area contributed by atoms with Crippen LogP contribution in [0.2, 0.25) is 0 Å². The lowest BCUT2D eigenvalue weighted by atomic mass is 10.0. The fraction of sp³-hybridized carbons (Fsp3) is 0.0455. The first-order valence-electron chi connectivity index (χ1n) is 8.69. The molecule has 4 rings (SSSR count). The van der Waals surface area contributed by atoms with Gasteiger partial charge in [-0.2, -0.15) is 5.10 Å². The van der Waals surface area contributed by atoms with E-state index in [9.17, 15) is 4.79 Å². The number of aromatic nitrogens is 3. The van der Waals surface area contributed by atoms with Crippen LogP contribution in [0.25, 0.3) is 22.4 Å². The van der Waals surface area contributed by atoms with Crippen molar-refractivity contribution in [3.63, 3.8) is 0 Å². The molecule has 0 spiro atoms. The normalized spacial score (nSPS) is 10.5. The Bertz CT molecular complexity index is 1030. The van der Waals surface area contributed by atoms with Gasteiger partial charge in [-0.1, -0.05) is 60.7 Å². The van der Waals surface area contributed by atoms with E-state index < -0.39 is 0 Å². The number of hydrogen-bond acceptors (Lipinski definition) is 3. The molecule has 2 heterocycles. The first-order chi connectivity index (χ1) is 13.3. The number of hydrogen-bond donors (Lipinski definition) is 2. The summed E-state index contributed by atoms with van der Waals surface area (Å²) in [7, 11) is 0. The SMILES string of the molecule is O=C(Cc1ccccc1)Nc1n[nH]c(-c2ccccc2)c1-c1ccncc1. The number of benzene rings is 2. The highest BCUT2D eigenvalue weighted by molar-refractivity contribution is 5.98. The zero-order valence-electron chi connectivity index (χ0n) is 14.6. The van der Waals surface area contributed by atoms with Crippen LogP contribution >= 0.6 is 0 Å². The van der Waals surface area contributed by atoms with Gasteiger partial charge in [-0.15, -0.1) is 0 Å². The lowest BCUT2D eigenvalue weighted by Crippen LogP contribution is -2.15. The predicted molar refractivity (Wildman–Crippen MR) is 106 cm³/mol. The molecule has 132 valence electrons. The summed E-state index contributed by atoms with van der Waals surface area (Å²) in [5, 5.41) is 10.4. The minimum Gasteiger partial charge on any atom is -0.308 e. The second-order valence-electron chi connectivity index (χ2n) is 6.13. The van der Waals surface area contributed by atoms with Gasteiger partial charge in [0.05, 0.1) is 17.7 Å². The van der Waals surface area contributed by atoms with Gasteiger partial charge in [-0.25, -0.2) is 0 Å². The van der Waals surface area contributed by atoms with E-state index >= 15 is 0 Å². The highest BCUT2D eigenvalue weighted by atomic mass is 16.1. The Hall–Kier alpha value is -3.73. The number of aromatic amines is 1. The van der Waals surface area contributed by atoms with Crippen LogP contribution in [0.4, 0.5) is 5.82 Å². The quantitative estimate of drug-likeness (QED) is 0.561. The van der Waals surface area contributed by atoms with Crippen LogP contribution in [0.5, 0.6) is 0 Å². The van der Waals surface area contributed by atoms with Crippen LogP contribution in [-0.4, -0.2) is 21.1 Å². The average molecular weight is 354 g/mol. The number of rotatable bonds is 5. The van der Waals surface area contributed by atoms with E-state index in [1.54, 1.807) is 12.4 Å². The van der Waals surface area contributed by atoms with E-state index in [0.717, 1.165) is 27.9 Å². The third kappa shape index (κ3) is 3.77. The zero-order chi connectivity index (χ0) is 18.5. The van der Waals surface area contributed by atoms with E-state index in [2.05, 4.69) is 20.5 Å². The third-order valence-electron chi connectivity index (χ3n) is 4.26. The molecule has 0 radical (unpaired) electrons. The summed E-state index contributed by atoms with van der Waals surface area (Å²) >= 11 is 0.